The number of carbonyl (C=O) groups is 1. The molecular weight excluding hydrogens is 488 g/mol. The van der Waals surface area contributed by atoms with Crippen molar-refractivity contribution >= 4 is 33.5 Å². The predicted molar refractivity (Wildman–Crippen MR) is 139 cm³/mol. The lowest BCUT2D eigenvalue weighted by Gasteiger charge is -2.24. The van der Waals surface area contributed by atoms with Gasteiger partial charge >= 0.3 is 0 Å². The molecule has 1 atom stereocenters. The molecule has 0 N–H and O–H groups in total. The van der Waals surface area contributed by atoms with Crippen LogP contribution in [0.25, 0.3) is 10.5 Å². The molecule has 0 saturated heterocycles. The summed E-state index contributed by atoms with van der Waals surface area (Å²) in [5.41, 5.74) is 3.71. The predicted octanol–water partition coefficient (Wildman–Crippen LogP) is 3.44. The molecule has 2 aliphatic heterocycles. The maximum Gasteiger partial charge on any atom is 0.291 e. The smallest absolute Gasteiger partial charge is 0.291 e. The van der Waals surface area contributed by atoms with E-state index in [1.807, 2.05) is 79.7 Å². The van der Waals surface area contributed by atoms with Crippen LogP contribution in [0.2, 0.25) is 0 Å². The first-order chi connectivity index (χ1) is 18.1. The number of para-hydroxylation sites is 3. The third-order valence-electron chi connectivity index (χ3n) is 6.58. The van der Waals surface area contributed by atoms with Gasteiger partial charge in [-0.25, -0.2) is 0 Å². The van der Waals surface area contributed by atoms with Crippen LogP contribution in [0.3, 0.4) is 0 Å². The summed E-state index contributed by atoms with van der Waals surface area (Å²) in [7, 11) is 0. The number of thiazole rings is 1. The number of anilines is 1. The van der Waals surface area contributed by atoms with Gasteiger partial charge in [0.05, 0.1) is 17.8 Å². The van der Waals surface area contributed by atoms with Gasteiger partial charge in [-0.15, -0.1) is 5.10 Å². The van der Waals surface area contributed by atoms with E-state index >= 15 is 0 Å². The third-order valence-corrected chi connectivity index (χ3v) is 7.61. The minimum Gasteiger partial charge on any atom is -0.485 e. The first-order valence-corrected chi connectivity index (χ1v) is 12.7. The lowest BCUT2D eigenvalue weighted by Crippen LogP contribution is -2.32. The van der Waals surface area contributed by atoms with E-state index < -0.39 is 6.10 Å². The molecule has 2 aliphatic rings. The number of hydrogen-bond acceptors (Lipinski definition) is 7. The van der Waals surface area contributed by atoms with E-state index in [0.717, 1.165) is 22.4 Å². The Balaban J connectivity index is 1.29. The summed E-state index contributed by atoms with van der Waals surface area (Å²) in [5.74, 6) is 1.44. The lowest BCUT2D eigenvalue weighted by atomic mass is 10.1. The van der Waals surface area contributed by atoms with Crippen molar-refractivity contribution in [2.75, 3.05) is 11.5 Å². The van der Waals surface area contributed by atoms with Gasteiger partial charge in [0.1, 0.15) is 11.1 Å². The summed E-state index contributed by atoms with van der Waals surface area (Å²) in [6, 6.07) is 23.0. The molecule has 1 unspecified atom stereocenters. The molecular formula is C28H20N4O4S. The molecule has 37 heavy (non-hydrogen) atoms. The van der Waals surface area contributed by atoms with Crippen LogP contribution in [-0.2, 0) is 11.3 Å². The van der Waals surface area contributed by atoms with Crippen LogP contribution in [0.15, 0.2) is 77.6 Å². The highest BCUT2D eigenvalue weighted by atomic mass is 32.1. The molecule has 0 aliphatic carbocycles. The Morgan fingerprint density at radius 1 is 0.973 bits per heavy atom. The molecule has 182 valence electrons. The largest absolute Gasteiger partial charge is 0.485 e. The van der Waals surface area contributed by atoms with Crippen LogP contribution < -0.4 is 24.5 Å². The molecule has 9 heteroatoms. The molecule has 2 aromatic heterocycles. The summed E-state index contributed by atoms with van der Waals surface area (Å²) in [4.78, 5) is 33.9. The number of amides is 1. The fourth-order valence-electron chi connectivity index (χ4n) is 4.72. The van der Waals surface area contributed by atoms with Gasteiger partial charge in [-0.1, -0.05) is 71.5 Å². The summed E-state index contributed by atoms with van der Waals surface area (Å²) < 4.78 is 13.4. The van der Waals surface area contributed by atoms with Gasteiger partial charge in [0.15, 0.2) is 23.4 Å². The van der Waals surface area contributed by atoms with Crippen molar-refractivity contribution in [1.29, 1.82) is 0 Å². The van der Waals surface area contributed by atoms with E-state index in [4.69, 9.17) is 9.47 Å². The highest BCUT2D eigenvalue weighted by Crippen LogP contribution is 2.37. The summed E-state index contributed by atoms with van der Waals surface area (Å²) in [6.45, 7) is 2.69. The fourth-order valence-corrected chi connectivity index (χ4v) is 5.72. The molecule has 0 bridgehead atoms. The Labute approximate surface area is 215 Å². The number of benzene rings is 3. The minimum atomic E-state index is -0.531. The first-order valence-electron chi connectivity index (χ1n) is 11.9. The van der Waals surface area contributed by atoms with E-state index in [9.17, 15) is 9.59 Å². The van der Waals surface area contributed by atoms with Crippen molar-refractivity contribution in [2.45, 2.75) is 19.6 Å². The Morgan fingerprint density at radius 3 is 2.54 bits per heavy atom. The van der Waals surface area contributed by atoms with E-state index in [1.54, 1.807) is 4.90 Å². The highest BCUT2D eigenvalue weighted by molar-refractivity contribution is 7.15. The van der Waals surface area contributed by atoms with Gasteiger partial charge in [-0.05, 0) is 30.7 Å². The van der Waals surface area contributed by atoms with Crippen molar-refractivity contribution in [2.24, 2.45) is 0 Å². The van der Waals surface area contributed by atoms with E-state index in [-0.39, 0.29) is 18.1 Å². The summed E-state index contributed by atoms with van der Waals surface area (Å²) in [6.07, 6.45) is -0.531. The van der Waals surface area contributed by atoms with Crippen molar-refractivity contribution in [3.8, 4) is 11.5 Å². The molecule has 0 fully saturated rings. The number of carbonyl (C=O) groups excluding carboxylic acids is 1. The lowest BCUT2D eigenvalue weighted by molar-refractivity contribution is -0.113. The van der Waals surface area contributed by atoms with Crippen LogP contribution >= 0.6 is 11.3 Å². The van der Waals surface area contributed by atoms with Crippen molar-refractivity contribution < 1.29 is 14.3 Å². The van der Waals surface area contributed by atoms with E-state index in [1.165, 1.54) is 15.9 Å². The Bertz CT molecular complexity index is 1810. The molecule has 0 spiro atoms. The standard InChI is InChI=1S/C28H20N4O4S/c1-16-10-12-17(13-11-16)14-31-19-7-3-2-6-18(19)23(26(31)33)24-27(34)32-28(37-24)29-25(30-32)22-15-35-20-8-4-5-9-21(20)36-22/h2-13,22H,14-15H2,1H3/b24-23-. The summed E-state index contributed by atoms with van der Waals surface area (Å²) >= 11 is 1.17. The zero-order valence-corrected chi connectivity index (χ0v) is 20.6. The number of hydrogen-bond donors (Lipinski definition) is 0. The maximum atomic E-state index is 13.7. The average molecular weight is 509 g/mol. The highest BCUT2D eigenvalue weighted by Gasteiger charge is 2.35. The molecule has 1 amide bonds. The molecule has 7 rings (SSSR count). The fraction of sp³-hybridized carbons (Fsp3) is 0.143. The third kappa shape index (κ3) is 3.50. The van der Waals surface area contributed by atoms with E-state index in [0.29, 0.717) is 38.9 Å². The number of aryl methyl sites for hydroxylation is 1. The molecule has 0 radical (unpaired) electrons. The van der Waals surface area contributed by atoms with Crippen LogP contribution in [0.5, 0.6) is 11.5 Å². The average Bonchev–Trinajstić information content (AvgIpc) is 3.56. The number of ether oxygens (including phenoxy) is 2. The minimum absolute atomic E-state index is 0.204. The van der Waals surface area contributed by atoms with E-state index in [2.05, 4.69) is 10.1 Å². The van der Waals surface area contributed by atoms with Crippen LogP contribution in [0.4, 0.5) is 5.69 Å². The molecule has 5 aromatic rings. The first kappa shape index (κ1) is 21.8. The van der Waals surface area contributed by atoms with Gasteiger partial charge in [0, 0.05) is 5.56 Å². The second-order valence-electron chi connectivity index (χ2n) is 9.03. The number of nitrogens with zero attached hydrogens (tertiary/aromatic N) is 4. The van der Waals surface area contributed by atoms with Crippen LogP contribution in [0.1, 0.15) is 28.6 Å². The van der Waals surface area contributed by atoms with Crippen LogP contribution in [-0.4, -0.2) is 27.1 Å². The zero-order chi connectivity index (χ0) is 25.1. The zero-order valence-electron chi connectivity index (χ0n) is 19.7. The normalized spacial score (nSPS) is 17.9. The molecule has 3 aromatic carbocycles. The number of fused-ring (bicyclic) bond motifs is 3. The van der Waals surface area contributed by atoms with Gasteiger partial charge in [-0.3, -0.25) is 9.59 Å². The van der Waals surface area contributed by atoms with Gasteiger partial charge in [0.25, 0.3) is 11.5 Å². The van der Waals surface area contributed by atoms with Crippen molar-refractivity contribution in [3.05, 3.63) is 110 Å². The molecule has 8 nitrogen and oxygen atoms in total. The Morgan fingerprint density at radius 2 is 1.73 bits per heavy atom. The molecule has 4 heterocycles. The molecule has 0 saturated carbocycles. The maximum absolute atomic E-state index is 13.7. The summed E-state index contributed by atoms with van der Waals surface area (Å²) in [5, 5.41) is 4.44. The van der Waals surface area contributed by atoms with Gasteiger partial charge in [-0.2, -0.15) is 9.50 Å². The topological polar surface area (TPSA) is 86.0 Å². The van der Waals surface area contributed by atoms with Crippen LogP contribution in [0, 0.1) is 6.92 Å². The quantitative estimate of drug-likeness (QED) is 0.371. The number of rotatable bonds is 3. The monoisotopic (exact) mass is 508 g/mol. The number of aromatic nitrogens is 3. The van der Waals surface area contributed by atoms with Gasteiger partial charge in [0.2, 0.25) is 4.96 Å². The van der Waals surface area contributed by atoms with Crippen molar-refractivity contribution in [3.63, 3.8) is 0 Å². The second-order valence-corrected chi connectivity index (χ2v) is 10.0. The Kier molecular flexibility index (Phi) is 4.87. The second kappa shape index (κ2) is 8.28. The van der Waals surface area contributed by atoms with Gasteiger partial charge < -0.3 is 14.4 Å². The van der Waals surface area contributed by atoms with Crippen molar-refractivity contribution in [1.82, 2.24) is 14.6 Å². The SMILES string of the molecule is Cc1ccc(CN2C(=O)/C(=c3\sc4nc(C5COc6ccccc6O5)nn4c3=O)c3ccccc32)cc1. The Hall–Kier alpha value is -4.50.